The van der Waals surface area contributed by atoms with E-state index in [4.69, 9.17) is 5.11 Å². The first kappa shape index (κ1) is 14.0. The molecule has 0 aromatic carbocycles. The van der Waals surface area contributed by atoms with Gasteiger partial charge in [0.2, 0.25) is 5.88 Å². The lowest BCUT2D eigenvalue weighted by atomic mass is 10.1. The van der Waals surface area contributed by atoms with Crippen molar-refractivity contribution in [1.82, 2.24) is 4.98 Å². The van der Waals surface area contributed by atoms with Gasteiger partial charge in [-0.05, 0) is 28.2 Å². The van der Waals surface area contributed by atoms with Crippen molar-refractivity contribution >= 4 is 38.5 Å². The minimum atomic E-state index is -4.81. The van der Waals surface area contributed by atoms with Crippen molar-refractivity contribution in [2.24, 2.45) is 0 Å². The van der Waals surface area contributed by atoms with Crippen LogP contribution >= 0.6 is 38.5 Å². The van der Waals surface area contributed by atoms with Gasteiger partial charge in [-0.1, -0.05) is 15.9 Å². The van der Waals surface area contributed by atoms with Crippen LogP contribution in [0.4, 0.5) is 13.2 Å². The largest absolute Gasteiger partial charge is 0.574 e. The maximum absolute atomic E-state index is 12.0. The smallest absolute Gasteiger partial charge is 0.391 e. The van der Waals surface area contributed by atoms with E-state index in [0.717, 1.165) is 0 Å². The highest BCUT2D eigenvalue weighted by Crippen LogP contribution is 2.30. The highest BCUT2D eigenvalue weighted by Gasteiger charge is 2.33. The fraction of sp³-hybridized carbons (Fsp3) is 0.375. The normalized spacial score (nSPS) is 11.6. The summed E-state index contributed by atoms with van der Waals surface area (Å²) in [5.41, 5.74) is 0.582. The number of nitrogens with zero attached hydrogens (tertiary/aromatic N) is 1. The molecule has 8 heteroatoms. The van der Waals surface area contributed by atoms with Crippen molar-refractivity contribution < 1.29 is 23.0 Å². The summed E-state index contributed by atoms with van der Waals surface area (Å²) in [4.78, 5) is 3.51. The molecule has 0 bridgehead atoms. The van der Waals surface area contributed by atoms with E-state index in [-0.39, 0.29) is 5.56 Å². The Morgan fingerprint density at radius 3 is 2.50 bits per heavy atom. The maximum atomic E-state index is 12.0. The van der Waals surface area contributed by atoms with Crippen LogP contribution in [0.3, 0.4) is 0 Å². The Morgan fingerprint density at radius 1 is 1.44 bits per heavy atom. The van der Waals surface area contributed by atoms with Crippen molar-refractivity contribution in [3.05, 3.63) is 20.9 Å². The lowest BCUT2D eigenvalue weighted by Crippen LogP contribution is -2.19. The molecule has 0 aliphatic carbocycles. The van der Waals surface area contributed by atoms with E-state index in [1.54, 1.807) is 0 Å². The molecule has 0 amide bonds. The molecule has 1 rings (SSSR count). The van der Waals surface area contributed by atoms with Gasteiger partial charge >= 0.3 is 6.36 Å². The van der Waals surface area contributed by atoms with Crippen LogP contribution < -0.4 is 4.74 Å². The number of halogens is 5. The Kier molecular flexibility index (Phi) is 4.80. The van der Waals surface area contributed by atoms with E-state index in [2.05, 4.69) is 25.7 Å². The van der Waals surface area contributed by atoms with E-state index in [1.165, 1.54) is 6.20 Å². The van der Waals surface area contributed by atoms with E-state index < -0.39 is 18.8 Å². The molecule has 0 aliphatic rings. The molecular formula is C8H6BrF3INO2. The van der Waals surface area contributed by atoms with E-state index in [0.29, 0.717) is 14.5 Å². The lowest BCUT2D eigenvalue weighted by molar-refractivity contribution is -0.276. The van der Waals surface area contributed by atoms with Crippen LogP contribution in [0.1, 0.15) is 11.1 Å². The summed E-state index contributed by atoms with van der Waals surface area (Å²) in [6.45, 7) is -0.559. The molecule has 16 heavy (non-hydrogen) atoms. The van der Waals surface area contributed by atoms with Gasteiger partial charge in [-0.3, -0.25) is 0 Å². The molecule has 1 heterocycles. The summed E-state index contributed by atoms with van der Waals surface area (Å²) in [5, 5.41) is 9.36. The van der Waals surface area contributed by atoms with E-state index >= 15 is 0 Å². The fourth-order valence-electron chi connectivity index (χ4n) is 1.05. The summed E-state index contributed by atoms with van der Waals surface area (Å²) in [6.07, 6.45) is -3.55. The minimum Gasteiger partial charge on any atom is -0.391 e. The van der Waals surface area contributed by atoms with Crippen LogP contribution in [0.25, 0.3) is 0 Å². The zero-order valence-corrected chi connectivity index (χ0v) is 11.4. The fourth-order valence-corrected chi connectivity index (χ4v) is 2.87. The number of aromatic nitrogens is 1. The SMILES string of the molecule is OCc1c(OC(F)(F)F)ncc(I)c1CBr. The maximum Gasteiger partial charge on any atom is 0.574 e. The first-order chi connectivity index (χ1) is 7.39. The topological polar surface area (TPSA) is 42.4 Å². The van der Waals surface area contributed by atoms with Crippen LogP contribution in [0, 0.1) is 3.57 Å². The van der Waals surface area contributed by atoms with Gasteiger partial charge in [-0.25, -0.2) is 4.98 Å². The molecule has 0 unspecified atom stereocenters. The third kappa shape index (κ3) is 3.45. The number of ether oxygens (including phenoxy) is 1. The molecule has 0 saturated carbocycles. The van der Waals surface area contributed by atoms with Gasteiger partial charge in [-0.2, -0.15) is 0 Å². The summed E-state index contributed by atoms with van der Waals surface area (Å²) in [7, 11) is 0. The van der Waals surface area contributed by atoms with Crippen LogP contribution in [-0.2, 0) is 11.9 Å². The highest BCUT2D eigenvalue weighted by molar-refractivity contribution is 14.1. The van der Waals surface area contributed by atoms with Crippen LogP contribution in [0.15, 0.2) is 6.20 Å². The predicted octanol–water partition coefficient (Wildman–Crippen LogP) is 2.97. The third-order valence-electron chi connectivity index (χ3n) is 1.71. The van der Waals surface area contributed by atoms with Crippen molar-refractivity contribution in [2.45, 2.75) is 18.3 Å². The van der Waals surface area contributed by atoms with Crippen molar-refractivity contribution in [2.75, 3.05) is 0 Å². The molecular weight excluding hydrogens is 406 g/mol. The standard InChI is InChI=1S/C8H6BrF3INO2/c9-1-4-5(3-15)7(14-2-6(4)13)16-8(10,11)12/h2,15H,1,3H2. The van der Waals surface area contributed by atoms with Crippen LogP contribution in [-0.4, -0.2) is 16.5 Å². The van der Waals surface area contributed by atoms with Gasteiger partial charge in [0.1, 0.15) is 0 Å². The monoisotopic (exact) mass is 411 g/mol. The zero-order valence-electron chi connectivity index (χ0n) is 7.68. The van der Waals surface area contributed by atoms with Gasteiger partial charge in [0.15, 0.2) is 0 Å². The van der Waals surface area contributed by atoms with Gasteiger partial charge in [-0.15, -0.1) is 13.2 Å². The minimum absolute atomic E-state index is 0.0427. The van der Waals surface area contributed by atoms with Gasteiger partial charge < -0.3 is 9.84 Å². The second kappa shape index (κ2) is 5.50. The Morgan fingerprint density at radius 2 is 2.06 bits per heavy atom. The van der Waals surface area contributed by atoms with Crippen molar-refractivity contribution in [3.8, 4) is 5.88 Å². The number of aliphatic hydroxyl groups is 1. The molecule has 0 atom stereocenters. The molecule has 1 N–H and O–H groups in total. The van der Waals surface area contributed by atoms with E-state index in [9.17, 15) is 13.2 Å². The summed E-state index contributed by atoms with van der Waals surface area (Å²) < 4.78 is 40.5. The summed E-state index contributed by atoms with van der Waals surface area (Å²) >= 11 is 5.06. The van der Waals surface area contributed by atoms with Crippen molar-refractivity contribution in [3.63, 3.8) is 0 Å². The third-order valence-corrected chi connectivity index (χ3v) is 3.20. The Labute approximate surface area is 111 Å². The lowest BCUT2D eigenvalue weighted by Gasteiger charge is -2.14. The molecule has 1 aromatic heterocycles. The first-order valence-electron chi connectivity index (χ1n) is 3.98. The first-order valence-corrected chi connectivity index (χ1v) is 6.18. The molecule has 1 aromatic rings. The number of hydrogen-bond donors (Lipinski definition) is 1. The number of aliphatic hydroxyl groups excluding tert-OH is 1. The predicted molar refractivity (Wildman–Crippen MR) is 62.2 cm³/mol. The number of pyridine rings is 1. The molecule has 0 fully saturated rings. The number of hydrogen-bond acceptors (Lipinski definition) is 3. The Hall–Kier alpha value is -0.0900. The Bertz CT molecular complexity index is 386. The average molecular weight is 412 g/mol. The quantitative estimate of drug-likeness (QED) is 0.614. The summed E-state index contributed by atoms with van der Waals surface area (Å²) in [6, 6.07) is 0. The summed E-state index contributed by atoms with van der Waals surface area (Å²) in [5.74, 6) is -0.607. The molecule has 0 aliphatic heterocycles. The highest BCUT2D eigenvalue weighted by atomic mass is 127. The molecule has 90 valence electrons. The molecule has 0 radical (unpaired) electrons. The van der Waals surface area contributed by atoms with Gasteiger partial charge in [0.05, 0.1) is 6.61 Å². The van der Waals surface area contributed by atoms with Crippen molar-refractivity contribution in [1.29, 1.82) is 0 Å². The molecule has 0 saturated heterocycles. The zero-order chi connectivity index (χ0) is 12.3. The second-order valence-corrected chi connectivity index (χ2v) is 4.43. The van der Waals surface area contributed by atoms with Gasteiger partial charge in [0.25, 0.3) is 0 Å². The van der Waals surface area contributed by atoms with Crippen LogP contribution in [0.2, 0.25) is 0 Å². The van der Waals surface area contributed by atoms with E-state index in [1.807, 2.05) is 22.6 Å². The number of alkyl halides is 4. The van der Waals surface area contributed by atoms with Gasteiger partial charge in [0, 0.05) is 20.7 Å². The Balaban J connectivity index is 3.19. The van der Waals surface area contributed by atoms with Crippen LogP contribution in [0.5, 0.6) is 5.88 Å². The second-order valence-electron chi connectivity index (χ2n) is 2.71. The number of rotatable bonds is 3. The molecule has 3 nitrogen and oxygen atoms in total. The average Bonchev–Trinajstić information content (AvgIpc) is 2.18. The molecule has 0 spiro atoms.